The molecule has 8 heteroatoms. The fourth-order valence-electron chi connectivity index (χ4n) is 4.32. The van der Waals surface area contributed by atoms with Crippen LogP contribution in [0.5, 0.6) is 0 Å². The molecule has 3 aromatic rings. The molecule has 166 valence electrons. The van der Waals surface area contributed by atoms with Gasteiger partial charge in [0.15, 0.2) is 17.5 Å². The minimum Gasteiger partial charge on any atom is -0.339 e. The summed E-state index contributed by atoms with van der Waals surface area (Å²) < 4.78 is 27.4. The summed E-state index contributed by atoms with van der Waals surface area (Å²) in [6.07, 6.45) is 6.74. The van der Waals surface area contributed by atoms with E-state index < -0.39 is 17.5 Å². The number of halogens is 2. The topological polar surface area (TPSA) is 73.9 Å². The largest absolute Gasteiger partial charge is 0.339 e. The van der Waals surface area contributed by atoms with Gasteiger partial charge in [-0.05, 0) is 67.9 Å². The summed E-state index contributed by atoms with van der Waals surface area (Å²) in [6, 6.07) is 9.80. The number of carbonyl (C=O) groups excluding carboxylic acids is 1. The number of rotatable bonds is 6. The van der Waals surface area contributed by atoms with Crippen molar-refractivity contribution in [3.63, 3.8) is 0 Å². The highest BCUT2D eigenvalue weighted by Crippen LogP contribution is 2.39. The number of likely N-dealkylation sites (tertiary alicyclic amines) is 1. The van der Waals surface area contributed by atoms with Gasteiger partial charge in [0.25, 0.3) is 5.91 Å². The Morgan fingerprint density at radius 1 is 1.09 bits per heavy atom. The van der Waals surface area contributed by atoms with Crippen molar-refractivity contribution in [2.24, 2.45) is 5.92 Å². The summed E-state index contributed by atoms with van der Waals surface area (Å²) in [5, 5.41) is 10.7. The van der Waals surface area contributed by atoms with Crippen LogP contribution in [0.4, 0.5) is 20.4 Å². The quantitative estimate of drug-likeness (QED) is 0.581. The maximum atomic E-state index is 14.0. The van der Waals surface area contributed by atoms with Gasteiger partial charge in [-0.25, -0.2) is 13.8 Å². The molecule has 1 aliphatic heterocycles. The average Bonchev–Trinajstić information content (AvgIpc) is 3.55. The van der Waals surface area contributed by atoms with Gasteiger partial charge in [-0.15, -0.1) is 0 Å². The van der Waals surface area contributed by atoms with Crippen LogP contribution in [0.1, 0.15) is 53.2 Å². The summed E-state index contributed by atoms with van der Waals surface area (Å²) >= 11 is 0. The van der Waals surface area contributed by atoms with E-state index in [-0.39, 0.29) is 5.56 Å². The predicted molar refractivity (Wildman–Crippen MR) is 117 cm³/mol. The van der Waals surface area contributed by atoms with Crippen LogP contribution in [0.3, 0.4) is 0 Å². The molecule has 2 aliphatic rings. The fraction of sp³-hybridized carbons (Fsp3) is 0.375. The van der Waals surface area contributed by atoms with Crippen LogP contribution in [0.25, 0.3) is 0 Å². The van der Waals surface area contributed by atoms with Crippen molar-refractivity contribution < 1.29 is 13.6 Å². The zero-order valence-electron chi connectivity index (χ0n) is 17.7. The number of carbonyl (C=O) groups is 1. The zero-order chi connectivity index (χ0) is 22.1. The third-order valence-electron chi connectivity index (χ3n) is 6.30. The Hall–Kier alpha value is -3.29. The van der Waals surface area contributed by atoms with Crippen molar-refractivity contribution in [3.8, 4) is 0 Å². The Morgan fingerprint density at radius 3 is 2.69 bits per heavy atom. The van der Waals surface area contributed by atoms with Crippen LogP contribution in [-0.2, 0) is 6.42 Å². The van der Waals surface area contributed by atoms with Crippen LogP contribution >= 0.6 is 0 Å². The van der Waals surface area contributed by atoms with E-state index in [9.17, 15) is 13.6 Å². The van der Waals surface area contributed by atoms with Gasteiger partial charge in [0.05, 0.1) is 5.56 Å². The third-order valence-corrected chi connectivity index (χ3v) is 6.30. The number of hydrogen-bond donors (Lipinski definition) is 2. The minimum atomic E-state index is -1.07. The van der Waals surface area contributed by atoms with E-state index >= 15 is 0 Å². The first-order chi connectivity index (χ1) is 15.6. The van der Waals surface area contributed by atoms with Gasteiger partial charge in [-0.1, -0.05) is 6.07 Å². The van der Waals surface area contributed by atoms with Crippen molar-refractivity contribution in [1.82, 2.24) is 20.1 Å². The molecule has 0 unspecified atom stereocenters. The Bertz CT molecular complexity index is 1120. The van der Waals surface area contributed by atoms with Crippen LogP contribution in [-0.4, -0.2) is 39.1 Å². The van der Waals surface area contributed by atoms with E-state index in [2.05, 4.69) is 20.5 Å². The van der Waals surface area contributed by atoms with Gasteiger partial charge in [0, 0.05) is 37.0 Å². The zero-order valence-corrected chi connectivity index (χ0v) is 17.7. The van der Waals surface area contributed by atoms with E-state index in [0.717, 1.165) is 37.0 Å². The molecule has 1 saturated heterocycles. The number of aromatic amines is 1. The summed E-state index contributed by atoms with van der Waals surface area (Å²) in [6.45, 7) is 1.07. The van der Waals surface area contributed by atoms with Gasteiger partial charge in [-0.3, -0.25) is 9.89 Å². The second-order valence-electron chi connectivity index (χ2n) is 8.70. The van der Waals surface area contributed by atoms with Crippen LogP contribution in [0.15, 0.2) is 42.6 Å². The van der Waals surface area contributed by atoms with E-state index in [1.807, 2.05) is 18.2 Å². The first-order valence-electron chi connectivity index (χ1n) is 11.1. The molecule has 6 nitrogen and oxygen atoms in total. The highest BCUT2D eigenvalue weighted by atomic mass is 19.2. The number of anilines is 2. The number of nitrogens with zero attached hydrogens (tertiary/aromatic N) is 3. The number of benzene rings is 1. The number of H-pyrrole nitrogens is 1. The molecule has 1 aromatic carbocycles. The minimum absolute atomic E-state index is 0.198. The molecule has 3 heterocycles. The lowest BCUT2D eigenvalue weighted by Crippen LogP contribution is -2.39. The Labute approximate surface area is 185 Å². The number of hydrogen-bond acceptors (Lipinski definition) is 4. The molecule has 0 atom stereocenters. The molecule has 5 rings (SSSR count). The molecule has 1 amide bonds. The fourth-order valence-corrected chi connectivity index (χ4v) is 4.32. The number of piperidine rings is 1. The molecule has 2 fully saturated rings. The molecule has 0 spiro atoms. The molecular weight excluding hydrogens is 412 g/mol. The van der Waals surface area contributed by atoms with Gasteiger partial charge in [0.1, 0.15) is 5.82 Å². The van der Waals surface area contributed by atoms with Crippen LogP contribution in [0.2, 0.25) is 0 Å². The van der Waals surface area contributed by atoms with Gasteiger partial charge in [0.2, 0.25) is 0 Å². The standard InChI is InChI=1S/C24H25F2N5O/c25-19-3-1-2-18(23(19)26)24(32)31-10-7-15(8-11-31)12-16-6-9-27-21(13-16)28-22-14-20(29-30-22)17-4-5-17/h1-3,6,9,13-15,17H,4-5,7-8,10-12H2,(H2,27,28,29,30). The summed E-state index contributed by atoms with van der Waals surface area (Å²) in [5.74, 6) is 0.0500. The molecular formula is C24H25F2N5O. The molecule has 1 aliphatic carbocycles. The lowest BCUT2D eigenvalue weighted by Gasteiger charge is -2.32. The second kappa shape index (κ2) is 8.68. The number of amides is 1. The van der Waals surface area contributed by atoms with E-state index in [1.165, 1.54) is 36.2 Å². The maximum Gasteiger partial charge on any atom is 0.256 e. The van der Waals surface area contributed by atoms with E-state index in [1.54, 1.807) is 11.1 Å². The Balaban J connectivity index is 1.16. The number of aromatic nitrogens is 3. The smallest absolute Gasteiger partial charge is 0.256 e. The maximum absolute atomic E-state index is 14.0. The van der Waals surface area contributed by atoms with Crippen molar-refractivity contribution >= 4 is 17.5 Å². The molecule has 32 heavy (non-hydrogen) atoms. The van der Waals surface area contributed by atoms with E-state index in [0.29, 0.717) is 24.9 Å². The molecule has 0 radical (unpaired) electrons. The first-order valence-corrected chi connectivity index (χ1v) is 11.1. The first kappa shape index (κ1) is 20.6. The third kappa shape index (κ3) is 4.49. The van der Waals surface area contributed by atoms with Crippen LogP contribution in [0, 0.1) is 17.6 Å². The van der Waals surface area contributed by atoms with E-state index in [4.69, 9.17) is 0 Å². The van der Waals surface area contributed by atoms with Crippen molar-refractivity contribution in [2.45, 2.75) is 38.0 Å². The monoisotopic (exact) mass is 437 g/mol. The highest BCUT2D eigenvalue weighted by molar-refractivity contribution is 5.94. The van der Waals surface area contributed by atoms with Crippen LogP contribution < -0.4 is 5.32 Å². The predicted octanol–water partition coefficient (Wildman–Crippen LogP) is 4.80. The lowest BCUT2D eigenvalue weighted by atomic mass is 9.90. The SMILES string of the molecule is O=C(c1cccc(F)c1F)N1CCC(Cc2ccnc(Nc3cc(C4CC4)[nH]n3)c2)CC1. The van der Waals surface area contributed by atoms with Gasteiger partial charge >= 0.3 is 0 Å². The Kier molecular flexibility index (Phi) is 5.59. The van der Waals surface area contributed by atoms with Gasteiger partial charge < -0.3 is 10.2 Å². The highest BCUT2D eigenvalue weighted by Gasteiger charge is 2.27. The number of nitrogens with one attached hydrogen (secondary N) is 2. The average molecular weight is 437 g/mol. The van der Waals surface area contributed by atoms with Crippen molar-refractivity contribution in [2.75, 3.05) is 18.4 Å². The lowest BCUT2D eigenvalue weighted by molar-refractivity contribution is 0.0684. The Morgan fingerprint density at radius 2 is 1.91 bits per heavy atom. The summed E-state index contributed by atoms with van der Waals surface area (Å²) in [7, 11) is 0. The summed E-state index contributed by atoms with van der Waals surface area (Å²) in [4.78, 5) is 18.6. The summed E-state index contributed by atoms with van der Waals surface area (Å²) in [5.41, 5.74) is 2.14. The molecule has 2 aromatic heterocycles. The number of pyridine rings is 1. The molecule has 1 saturated carbocycles. The molecule has 2 N–H and O–H groups in total. The van der Waals surface area contributed by atoms with Gasteiger partial charge in [-0.2, -0.15) is 5.10 Å². The van der Waals surface area contributed by atoms with Crippen molar-refractivity contribution in [3.05, 3.63) is 71.1 Å². The van der Waals surface area contributed by atoms with Crippen molar-refractivity contribution in [1.29, 1.82) is 0 Å². The second-order valence-corrected chi connectivity index (χ2v) is 8.70. The molecule has 0 bridgehead atoms. The normalized spacial score (nSPS) is 16.9.